The summed E-state index contributed by atoms with van der Waals surface area (Å²) in [6, 6.07) is 8.25. The van der Waals surface area contributed by atoms with Crippen LogP contribution in [0.1, 0.15) is 0 Å². The summed E-state index contributed by atoms with van der Waals surface area (Å²) in [5.41, 5.74) is 2.73. The first-order valence-electron chi connectivity index (χ1n) is 5.87. The highest BCUT2D eigenvalue weighted by molar-refractivity contribution is 7.00. The van der Waals surface area contributed by atoms with Gasteiger partial charge in [-0.15, -0.1) is 0 Å². The number of aromatic nitrogens is 2. The SMILES string of the molecule is COc1ccc(-c2cc(F)cc3nsnc23)cc1OC. The van der Waals surface area contributed by atoms with Crippen LogP contribution in [-0.2, 0) is 0 Å². The Balaban J connectivity index is 2.22. The molecule has 0 amide bonds. The average Bonchev–Trinajstić information content (AvgIpc) is 2.93. The van der Waals surface area contributed by atoms with Gasteiger partial charge in [0.15, 0.2) is 11.5 Å². The Hall–Kier alpha value is -2.21. The third-order valence-electron chi connectivity index (χ3n) is 3.02. The summed E-state index contributed by atoms with van der Waals surface area (Å²) in [5, 5.41) is 0. The lowest BCUT2D eigenvalue weighted by Crippen LogP contribution is -1.91. The zero-order valence-electron chi connectivity index (χ0n) is 10.9. The van der Waals surface area contributed by atoms with E-state index in [4.69, 9.17) is 9.47 Å². The van der Waals surface area contributed by atoms with Gasteiger partial charge in [-0.25, -0.2) is 4.39 Å². The van der Waals surface area contributed by atoms with E-state index in [9.17, 15) is 4.39 Å². The Morgan fingerprint density at radius 1 is 1.00 bits per heavy atom. The second-order valence-corrected chi connectivity index (χ2v) is 4.68. The van der Waals surface area contributed by atoms with Crippen molar-refractivity contribution < 1.29 is 13.9 Å². The molecule has 6 heteroatoms. The summed E-state index contributed by atoms with van der Waals surface area (Å²) < 4.78 is 32.4. The van der Waals surface area contributed by atoms with Crippen molar-refractivity contribution in [2.75, 3.05) is 14.2 Å². The Labute approximate surface area is 119 Å². The van der Waals surface area contributed by atoms with Crippen LogP contribution < -0.4 is 9.47 Å². The third-order valence-corrected chi connectivity index (χ3v) is 3.56. The van der Waals surface area contributed by atoms with Crippen LogP contribution in [0.15, 0.2) is 30.3 Å². The van der Waals surface area contributed by atoms with Gasteiger partial charge >= 0.3 is 0 Å². The molecular weight excluding hydrogens is 279 g/mol. The molecule has 0 N–H and O–H groups in total. The first-order chi connectivity index (χ1) is 9.72. The highest BCUT2D eigenvalue weighted by Gasteiger charge is 2.12. The van der Waals surface area contributed by atoms with Crippen molar-refractivity contribution in [1.82, 2.24) is 8.75 Å². The summed E-state index contributed by atoms with van der Waals surface area (Å²) in [6.45, 7) is 0. The molecule has 2 aromatic carbocycles. The lowest BCUT2D eigenvalue weighted by Gasteiger charge is -2.10. The van der Waals surface area contributed by atoms with E-state index in [1.54, 1.807) is 26.4 Å². The van der Waals surface area contributed by atoms with Crippen LogP contribution in [-0.4, -0.2) is 23.0 Å². The van der Waals surface area contributed by atoms with E-state index in [0.717, 1.165) is 17.3 Å². The zero-order valence-corrected chi connectivity index (χ0v) is 11.7. The van der Waals surface area contributed by atoms with E-state index in [1.165, 1.54) is 12.1 Å². The van der Waals surface area contributed by atoms with E-state index in [0.29, 0.717) is 28.1 Å². The van der Waals surface area contributed by atoms with Crippen molar-refractivity contribution >= 4 is 22.8 Å². The standard InChI is InChI=1S/C14H11FN2O2S/c1-18-12-4-3-8(5-13(12)19-2)10-6-9(15)7-11-14(10)17-20-16-11/h3-7H,1-2H3. The molecule has 0 aliphatic carbocycles. The van der Waals surface area contributed by atoms with Gasteiger partial charge in [-0.05, 0) is 23.8 Å². The molecule has 3 rings (SSSR count). The molecule has 102 valence electrons. The van der Waals surface area contributed by atoms with Gasteiger partial charge in [-0.1, -0.05) is 6.07 Å². The van der Waals surface area contributed by atoms with Crippen LogP contribution in [0.4, 0.5) is 4.39 Å². The molecule has 0 radical (unpaired) electrons. The molecule has 1 heterocycles. The number of hydrogen-bond acceptors (Lipinski definition) is 5. The van der Waals surface area contributed by atoms with E-state index in [1.807, 2.05) is 6.07 Å². The smallest absolute Gasteiger partial charge is 0.161 e. The van der Waals surface area contributed by atoms with Crippen molar-refractivity contribution in [3.05, 3.63) is 36.1 Å². The number of hydrogen-bond donors (Lipinski definition) is 0. The van der Waals surface area contributed by atoms with E-state index >= 15 is 0 Å². The molecule has 0 aliphatic rings. The third kappa shape index (κ3) is 2.08. The molecule has 0 spiro atoms. The van der Waals surface area contributed by atoms with Crippen LogP contribution in [0.3, 0.4) is 0 Å². The van der Waals surface area contributed by atoms with Gasteiger partial charge in [-0.2, -0.15) is 8.75 Å². The lowest BCUT2D eigenvalue weighted by molar-refractivity contribution is 0.355. The largest absolute Gasteiger partial charge is 0.493 e. The first-order valence-corrected chi connectivity index (χ1v) is 6.60. The number of nitrogens with zero attached hydrogens (tertiary/aromatic N) is 2. The number of methoxy groups -OCH3 is 2. The summed E-state index contributed by atoms with van der Waals surface area (Å²) in [5.74, 6) is 0.876. The number of rotatable bonds is 3. The molecule has 0 atom stereocenters. The van der Waals surface area contributed by atoms with Crippen molar-refractivity contribution in [3.63, 3.8) is 0 Å². The van der Waals surface area contributed by atoms with Gasteiger partial charge < -0.3 is 9.47 Å². The molecule has 0 saturated heterocycles. The van der Waals surface area contributed by atoms with Gasteiger partial charge in [0.1, 0.15) is 16.9 Å². The lowest BCUT2D eigenvalue weighted by atomic mass is 10.0. The fourth-order valence-electron chi connectivity index (χ4n) is 2.08. The van der Waals surface area contributed by atoms with Gasteiger partial charge in [0.25, 0.3) is 0 Å². The highest BCUT2D eigenvalue weighted by Crippen LogP contribution is 2.35. The second-order valence-electron chi connectivity index (χ2n) is 4.16. The monoisotopic (exact) mass is 290 g/mol. The topological polar surface area (TPSA) is 44.2 Å². The van der Waals surface area contributed by atoms with Crippen LogP contribution in [0, 0.1) is 5.82 Å². The molecule has 0 saturated carbocycles. The minimum atomic E-state index is -0.338. The number of ether oxygens (including phenoxy) is 2. The maximum Gasteiger partial charge on any atom is 0.161 e. The fourth-order valence-corrected chi connectivity index (χ4v) is 2.62. The van der Waals surface area contributed by atoms with E-state index < -0.39 is 0 Å². The van der Waals surface area contributed by atoms with Gasteiger partial charge in [-0.3, -0.25) is 0 Å². The number of halogens is 1. The van der Waals surface area contributed by atoms with Crippen LogP contribution in [0.5, 0.6) is 11.5 Å². The molecule has 0 aliphatic heterocycles. The Kier molecular flexibility index (Phi) is 3.23. The predicted molar refractivity (Wildman–Crippen MR) is 75.9 cm³/mol. The number of benzene rings is 2. The van der Waals surface area contributed by atoms with Crippen molar-refractivity contribution in [2.45, 2.75) is 0 Å². The van der Waals surface area contributed by atoms with Crippen LogP contribution in [0.2, 0.25) is 0 Å². The van der Waals surface area contributed by atoms with Crippen molar-refractivity contribution in [3.8, 4) is 22.6 Å². The molecule has 1 aromatic heterocycles. The Morgan fingerprint density at radius 2 is 1.80 bits per heavy atom. The normalized spacial score (nSPS) is 10.8. The average molecular weight is 290 g/mol. The molecular formula is C14H11FN2O2S. The quantitative estimate of drug-likeness (QED) is 0.740. The summed E-state index contributed by atoms with van der Waals surface area (Å²) >= 11 is 1.07. The highest BCUT2D eigenvalue weighted by atomic mass is 32.1. The first kappa shape index (κ1) is 12.8. The molecule has 20 heavy (non-hydrogen) atoms. The molecule has 0 bridgehead atoms. The molecule has 0 fully saturated rings. The minimum Gasteiger partial charge on any atom is -0.493 e. The zero-order chi connectivity index (χ0) is 14.1. The van der Waals surface area contributed by atoms with Crippen molar-refractivity contribution in [2.24, 2.45) is 0 Å². The summed E-state index contributed by atoms with van der Waals surface area (Å²) in [7, 11) is 3.13. The van der Waals surface area contributed by atoms with Crippen LogP contribution in [0.25, 0.3) is 22.2 Å². The second kappa shape index (κ2) is 5.05. The number of fused-ring (bicyclic) bond motifs is 1. The minimum absolute atomic E-state index is 0.338. The maximum atomic E-state index is 13.7. The maximum absolute atomic E-state index is 13.7. The Morgan fingerprint density at radius 3 is 2.55 bits per heavy atom. The van der Waals surface area contributed by atoms with Crippen LogP contribution >= 0.6 is 11.7 Å². The fraction of sp³-hybridized carbons (Fsp3) is 0.143. The molecule has 3 aromatic rings. The summed E-state index contributed by atoms with van der Waals surface area (Å²) in [6.07, 6.45) is 0. The predicted octanol–water partition coefficient (Wildman–Crippen LogP) is 3.51. The van der Waals surface area contributed by atoms with Gasteiger partial charge in [0, 0.05) is 11.6 Å². The summed E-state index contributed by atoms with van der Waals surface area (Å²) in [4.78, 5) is 0. The van der Waals surface area contributed by atoms with E-state index in [2.05, 4.69) is 8.75 Å². The van der Waals surface area contributed by atoms with Gasteiger partial charge in [0.2, 0.25) is 0 Å². The van der Waals surface area contributed by atoms with Gasteiger partial charge in [0.05, 0.1) is 25.9 Å². The molecule has 0 unspecified atom stereocenters. The molecule has 4 nitrogen and oxygen atoms in total. The van der Waals surface area contributed by atoms with Crippen molar-refractivity contribution in [1.29, 1.82) is 0 Å². The van der Waals surface area contributed by atoms with E-state index in [-0.39, 0.29) is 5.82 Å². The Bertz CT molecular complexity index is 773.